The van der Waals surface area contributed by atoms with Crippen LogP contribution in [0.5, 0.6) is 0 Å². The summed E-state index contributed by atoms with van der Waals surface area (Å²) < 4.78 is 6.92. The van der Waals surface area contributed by atoms with Gasteiger partial charge in [-0.05, 0) is 17.7 Å². The van der Waals surface area contributed by atoms with Crippen molar-refractivity contribution in [3.05, 3.63) is 79.2 Å². The molecule has 1 amide bonds. The van der Waals surface area contributed by atoms with E-state index in [1.165, 1.54) is 7.05 Å². The monoisotopic (exact) mass is 405 g/mol. The maximum Gasteiger partial charge on any atom is 0.331 e. The maximum atomic E-state index is 12.2. The van der Waals surface area contributed by atoms with Crippen LogP contribution in [0.15, 0.2) is 44.6 Å². The third-order valence-corrected chi connectivity index (χ3v) is 4.32. The van der Waals surface area contributed by atoms with E-state index in [2.05, 4.69) is 10.1 Å². The van der Waals surface area contributed by atoms with Gasteiger partial charge in [-0.1, -0.05) is 28.9 Å². The molecule has 0 bridgehead atoms. The van der Waals surface area contributed by atoms with E-state index in [1.807, 2.05) is 0 Å². The summed E-state index contributed by atoms with van der Waals surface area (Å²) in [5.74, 6) is -0.661. The molecule has 0 unspecified atom stereocenters. The first kappa shape index (κ1) is 19.5. The Hall–Kier alpha value is -3.24. The molecule has 0 radical (unpaired) electrons. The number of benzene rings is 1. The van der Waals surface area contributed by atoms with E-state index in [1.54, 1.807) is 24.3 Å². The molecule has 11 heteroatoms. The highest BCUT2D eigenvalue weighted by molar-refractivity contribution is 6.30. The van der Waals surface area contributed by atoms with Gasteiger partial charge in [-0.25, -0.2) is 4.79 Å². The van der Waals surface area contributed by atoms with Crippen LogP contribution in [0.4, 0.5) is 0 Å². The fraction of sp³-hybridized carbons (Fsp3) is 0.235. The summed E-state index contributed by atoms with van der Waals surface area (Å²) >= 11 is 5.82. The Balaban J connectivity index is 1.80. The summed E-state index contributed by atoms with van der Waals surface area (Å²) in [6, 6.07) is 6.68. The predicted octanol–water partition coefficient (Wildman–Crippen LogP) is 0.00670. The van der Waals surface area contributed by atoms with Crippen molar-refractivity contribution in [1.29, 1.82) is 0 Å². The van der Waals surface area contributed by atoms with Crippen molar-refractivity contribution < 1.29 is 14.4 Å². The molecule has 3 aromatic rings. The molecular weight excluding hydrogens is 390 g/mol. The third kappa shape index (κ3) is 4.02. The van der Waals surface area contributed by atoms with E-state index in [9.17, 15) is 19.5 Å². The van der Waals surface area contributed by atoms with E-state index in [4.69, 9.17) is 21.9 Å². The van der Waals surface area contributed by atoms with Gasteiger partial charge in [0.05, 0.1) is 6.10 Å². The van der Waals surface area contributed by atoms with Gasteiger partial charge in [0.15, 0.2) is 5.82 Å². The largest absolute Gasteiger partial charge is 0.388 e. The number of halogens is 1. The number of carbonyl (C=O) groups excluding carboxylic acids is 1. The van der Waals surface area contributed by atoms with Crippen molar-refractivity contribution in [1.82, 2.24) is 19.3 Å². The molecule has 146 valence electrons. The van der Waals surface area contributed by atoms with Gasteiger partial charge in [-0.2, -0.15) is 4.98 Å². The van der Waals surface area contributed by atoms with E-state index >= 15 is 0 Å². The van der Waals surface area contributed by atoms with Crippen LogP contribution in [-0.4, -0.2) is 30.3 Å². The predicted molar refractivity (Wildman–Crippen MR) is 98.0 cm³/mol. The van der Waals surface area contributed by atoms with Crippen LogP contribution < -0.4 is 17.0 Å². The highest BCUT2D eigenvalue weighted by Crippen LogP contribution is 2.19. The fourth-order valence-electron chi connectivity index (χ4n) is 2.57. The lowest BCUT2D eigenvalue weighted by atomic mass is 10.1. The smallest absolute Gasteiger partial charge is 0.331 e. The number of hydrogen-bond donors (Lipinski definition) is 2. The van der Waals surface area contributed by atoms with Crippen molar-refractivity contribution >= 4 is 17.5 Å². The average Bonchev–Trinajstić information content (AvgIpc) is 3.09. The average molecular weight is 406 g/mol. The summed E-state index contributed by atoms with van der Waals surface area (Å²) in [5.41, 5.74) is 4.01. The minimum absolute atomic E-state index is 0.0643. The molecule has 0 aliphatic heterocycles. The number of aliphatic hydroxyl groups excluding tert-OH is 1. The van der Waals surface area contributed by atoms with Crippen LogP contribution in [-0.2, 0) is 20.0 Å². The van der Waals surface area contributed by atoms with Crippen LogP contribution in [0.1, 0.15) is 33.7 Å². The molecule has 28 heavy (non-hydrogen) atoms. The van der Waals surface area contributed by atoms with Crippen LogP contribution in [0.25, 0.3) is 0 Å². The Morgan fingerprint density at radius 2 is 2.00 bits per heavy atom. The van der Waals surface area contributed by atoms with Gasteiger partial charge in [0, 0.05) is 24.7 Å². The molecule has 0 aliphatic rings. The van der Waals surface area contributed by atoms with Gasteiger partial charge in [0.25, 0.3) is 11.5 Å². The lowest BCUT2D eigenvalue weighted by Crippen LogP contribution is -2.41. The van der Waals surface area contributed by atoms with Gasteiger partial charge >= 0.3 is 5.69 Å². The normalized spacial score (nSPS) is 12.1. The van der Waals surface area contributed by atoms with Crippen LogP contribution in [0.2, 0.25) is 5.02 Å². The van der Waals surface area contributed by atoms with Crippen LogP contribution >= 0.6 is 11.6 Å². The highest BCUT2D eigenvalue weighted by atomic mass is 35.5. The van der Waals surface area contributed by atoms with Gasteiger partial charge < -0.3 is 15.4 Å². The molecule has 10 nitrogen and oxygen atoms in total. The Kier molecular flexibility index (Phi) is 5.43. The van der Waals surface area contributed by atoms with Crippen LogP contribution in [0.3, 0.4) is 0 Å². The molecule has 0 fully saturated rings. The van der Waals surface area contributed by atoms with E-state index in [0.717, 1.165) is 15.3 Å². The zero-order valence-electron chi connectivity index (χ0n) is 14.7. The number of amides is 1. The number of primary amides is 1. The molecule has 3 N–H and O–H groups in total. The topological polar surface area (TPSA) is 146 Å². The molecule has 0 saturated heterocycles. The SMILES string of the molecule is Cn1c(=O)c(C(N)=O)cn(Cc2nc(C[C@H](O)c3ccc(Cl)cc3)no2)c1=O. The van der Waals surface area contributed by atoms with Gasteiger partial charge in [0.1, 0.15) is 12.1 Å². The Labute approximate surface area is 162 Å². The minimum Gasteiger partial charge on any atom is -0.388 e. The van der Waals surface area contributed by atoms with Crippen molar-refractivity contribution in [2.24, 2.45) is 12.8 Å². The second-order valence-electron chi connectivity index (χ2n) is 6.06. The summed E-state index contributed by atoms with van der Waals surface area (Å²) in [4.78, 5) is 39.6. The first-order valence-corrected chi connectivity index (χ1v) is 8.49. The second kappa shape index (κ2) is 7.79. The molecule has 2 heterocycles. The van der Waals surface area contributed by atoms with E-state index in [-0.39, 0.29) is 30.2 Å². The number of nitrogens with zero attached hydrogens (tertiary/aromatic N) is 4. The molecule has 1 atom stereocenters. The van der Waals surface area contributed by atoms with Crippen molar-refractivity contribution in [2.45, 2.75) is 19.1 Å². The van der Waals surface area contributed by atoms with E-state index in [0.29, 0.717) is 10.6 Å². The first-order valence-electron chi connectivity index (χ1n) is 8.11. The van der Waals surface area contributed by atoms with Gasteiger partial charge in [0.2, 0.25) is 5.89 Å². The first-order chi connectivity index (χ1) is 13.3. The quantitative estimate of drug-likeness (QED) is 0.587. The summed E-state index contributed by atoms with van der Waals surface area (Å²) in [6.45, 7) is -0.169. The highest BCUT2D eigenvalue weighted by Gasteiger charge is 2.17. The van der Waals surface area contributed by atoms with Gasteiger partial charge in [-0.3, -0.25) is 18.7 Å². The summed E-state index contributed by atoms with van der Waals surface area (Å²) in [7, 11) is 1.23. The van der Waals surface area contributed by atoms with Crippen molar-refractivity contribution in [2.75, 3.05) is 0 Å². The Morgan fingerprint density at radius 3 is 2.64 bits per heavy atom. The molecule has 0 saturated carbocycles. The molecule has 0 spiro atoms. The molecule has 2 aromatic heterocycles. The second-order valence-corrected chi connectivity index (χ2v) is 6.49. The molecule has 0 aliphatic carbocycles. The number of aliphatic hydroxyl groups is 1. The summed E-state index contributed by atoms with van der Waals surface area (Å²) in [6.07, 6.45) is 0.267. The number of rotatable bonds is 6. The lowest BCUT2D eigenvalue weighted by molar-refractivity contribution is 0.0997. The fourth-order valence-corrected chi connectivity index (χ4v) is 2.69. The van der Waals surface area contributed by atoms with Crippen molar-refractivity contribution in [3.63, 3.8) is 0 Å². The van der Waals surface area contributed by atoms with Crippen molar-refractivity contribution in [3.8, 4) is 0 Å². The number of nitrogens with two attached hydrogens (primary N) is 1. The molecular formula is C17H16ClN5O5. The lowest BCUT2D eigenvalue weighted by Gasteiger charge is -2.08. The molecule has 3 rings (SSSR count). The summed E-state index contributed by atoms with van der Waals surface area (Å²) in [5, 5.41) is 14.6. The number of hydrogen-bond acceptors (Lipinski definition) is 7. The van der Waals surface area contributed by atoms with Crippen LogP contribution in [0, 0.1) is 0 Å². The minimum atomic E-state index is -0.952. The third-order valence-electron chi connectivity index (χ3n) is 4.06. The maximum absolute atomic E-state index is 12.2. The number of carbonyl (C=O) groups is 1. The zero-order chi connectivity index (χ0) is 20.4. The Morgan fingerprint density at radius 1 is 1.32 bits per heavy atom. The zero-order valence-corrected chi connectivity index (χ0v) is 15.5. The van der Waals surface area contributed by atoms with Gasteiger partial charge in [-0.15, -0.1) is 0 Å². The van der Waals surface area contributed by atoms with E-state index < -0.39 is 23.3 Å². The molecule has 1 aromatic carbocycles. The Bertz CT molecular complexity index is 1130. The standard InChI is InChI=1S/C17H16ClN5O5/c1-22-16(26)11(15(19)25)7-23(17(22)27)8-14-20-13(21-28-14)6-12(24)9-2-4-10(18)5-3-9/h2-5,7,12,24H,6,8H2,1H3,(H2,19,25)/t12-/m0/s1. The number of aromatic nitrogens is 4.